The van der Waals surface area contributed by atoms with E-state index in [1.165, 1.54) is 87.2 Å². The van der Waals surface area contributed by atoms with Crippen LogP contribution >= 0.6 is 0 Å². The molecule has 0 aliphatic heterocycles. The fourth-order valence-corrected chi connectivity index (χ4v) is 7.19. The second-order valence-electron chi connectivity index (χ2n) is 11.7. The Labute approximate surface area is 256 Å². The lowest BCUT2D eigenvalue weighted by Crippen LogP contribution is -1.90. The van der Waals surface area contributed by atoms with Gasteiger partial charge in [0.15, 0.2) is 0 Å². The Hall–Kier alpha value is -5.72. The van der Waals surface area contributed by atoms with Gasteiger partial charge < -0.3 is 0 Å². The maximum absolute atomic E-state index is 2.43. The van der Waals surface area contributed by atoms with Crippen LogP contribution in [0.4, 0.5) is 0 Å². The van der Waals surface area contributed by atoms with Crippen LogP contribution in [0.2, 0.25) is 0 Å². The van der Waals surface area contributed by atoms with Crippen LogP contribution < -0.4 is 0 Å². The lowest BCUT2D eigenvalue weighted by Gasteiger charge is -2.17. The van der Waals surface area contributed by atoms with Crippen molar-refractivity contribution in [3.63, 3.8) is 0 Å². The van der Waals surface area contributed by atoms with E-state index in [4.69, 9.17) is 0 Å². The molecule has 0 radical (unpaired) electrons. The van der Waals surface area contributed by atoms with Gasteiger partial charge in [-0.15, -0.1) is 0 Å². The molecule has 0 saturated heterocycles. The van der Waals surface area contributed by atoms with Gasteiger partial charge in [0.25, 0.3) is 0 Å². The predicted molar refractivity (Wildman–Crippen MR) is 190 cm³/mol. The quantitative estimate of drug-likeness (QED) is 0.190. The lowest BCUT2D eigenvalue weighted by atomic mass is 9.86. The molecule has 0 saturated carbocycles. The summed E-state index contributed by atoms with van der Waals surface area (Å²) >= 11 is 0. The maximum atomic E-state index is 2.43. The average Bonchev–Trinajstić information content (AvgIpc) is 3.11. The summed E-state index contributed by atoms with van der Waals surface area (Å²) in [4.78, 5) is 0. The van der Waals surface area contributed by atoms with Crippen molar-refractivity contribution >= 4 is 53.9 Å². The molecular formula is C44H28. The molecule has 0 spiro atoms. The minimum Gasteiger partial charge on any atom is -0.0622 e. The van der Waals surface area contributed by atoms with Crippen LogP contribution in [0.15, 0.2) is 170 Å². The van der Waals surface area contributed by atoms with E-state index in [0.29, 0.717) is 0 Å². The standard InChI is InChI=1S/C44H28/c1-3-13-29(14-4-1)32-25-33(30-15-5-2-6-16-30)27-34(26-32)31-23-24-38-37-19-9-11-21-40(37)43-39-20-10-7-17-35(39)36-18-8-12-22-41(36)44(43)42(38)28-31/h1-28H. The van der Waals surface area contributed by atoms with Gasteiger partial charge in [0.2, 0.25) is 0 Å². The third-order valence-corrected chi connectivity index (χ3v) is 9.19. The molecule has 0 fully saturated rings. The predicted octanol–water partition coefficient (Wildman–Crippen LogP) is 12.5. The molecule has 204 valence electrons. The number of fused-ring (bicyclic) bond motifs is 11. The van der Waals surface area contributed by atoms with E-state index in [0.717, 1.165) is 0 Å². The first-order valence-corrected chi connectivity index (χ1v) is 15.3. The topological polar surface area (TPSA) is 0 Å². The Bertz CT molecular complexity index is 2450. The molecule has 0 aliphatic rings. The Morgan fingerprint density at radius 3 is 0.977 bits per heavy atom. The van der Waals surface area contributed by atoms with Gasteiger partial charge in [-0.05, 0) is 112 Å². The van der Waals surface area contributed by atoms with Crippen molar-refractivity contribution in [1.29, 1.82) is 0 Å². The second kappa shape index (κ2) is 9.93. The zero-order chi connectivity index (χ0) is 29.0. The van der Waals surface area contributed by atoms with Crippen LogP contribution in [-0.2, 0) is 0 Å². The van der Waals surface area contributed by atoms with Crippen LogP contribution in [0.1, 0.15) is 0 Å². The second-order valence-corrected chi connectivity index (χ2v) is 11.7. The summed E-state index contributed by atoms with van der Waals surface area (Å²) in [6.07, 6.45) is 0. The largest absolute Gasteiger partial charge is 0.0622 e. The number of hydrogen-bond donors (Lipinski definition) is 0. The van der Waals surface area contributed by atoms with Crippen molar-refractivity contribution in [3.8, 4) is 33.4 Å². The van der Waals surface area contributed by atoms with Crippen LogP contribution in [0.25, 0.3) is 87.2 Å². The molecular weight excluding hydrogens is 528 g/mol. The monoisotopic (exact) mass is 556 g/mol. The summed E-state index contributed by atoms with van der Waals surface area (Å²) in [6.45, 7) is 0. The zero-order valence-electron chi connectivity index (χ0n) is 24.2. The molecule has 9 aromatic carbocycles. The van der Waals surface area contributed by atoms with Gasteiger partial charge in [0.05, 0.1) is 0 Å². The molecule has 0 amide bonds. The minimum atomic E-state index is 1.22. The first-order valence-electron chi connectivity index (χ1n) is 15.3. The van der Waals surface area contributed by atoms with Crippen LogP contribution in [0.5, 0.6) is 0 Å². The first kappa shape index (κ1) is 24.8. The van der Waals surface area contributed by atoms with Crippen molar-refractivity contribution < 1.29 is 0 Å². The summed E-state index contributed by atoms with van der Waals surface area (Å²) < 4.78 is 0. The lowest BCUT2D eigenvalue weighted by molar-refractivity contribution is 1.57. The van der Waals surface area contributed by atoms with Crippen LogP contribution in [0.3, 0.4) is 0 Å². The van der Waals surface area contributed by atoms with Gasteiger partial charge in [0, 0.05) is 0 Å². The van der Waals surface area contributed by atoms with Gasteiger partial charge in [-0.1, -0.05) is 146 Å². The Kier molecular flexibility index (Phi) is 5.61. The van der Waals surface area contributed by atoms with Crippen molar-refractivity contribution in [2.75, 3.05) is 0 Å². The third kappa shape index (κ3) is 3.85. The van der Waals surface area contributed by atoms with Gasteiger partial charge in [0.1, 0.15) is 0 Å². The van der Waals surface area contributed by atoms with E-state index in [9.17, 15) is 0 Å². The highest BCUT2D eigenvalue weighted by molar-refractivity contribution is 6.39. The summed E-state index contributed by atoms with van der Waals surface area (Å²) in [6, 6.07) is 62.3. The molecule has 0 atom stereocenters. The maximum Gasteiger partial charge on any atom is -0.00137 e. The van der Waals surface area contributed by atoms with Crippen molar-refractivity contribution in [3.05, 3.63) is 170 Å². The minimum absolute atomic E-state index is 1.22. The van der Waals surface area contributed by atoms with Crippen LogP contribution in [-0.4, -0.2) is 0 Å². The fraction of sp³-hybridized carbons (Fsp3) is 0. The van der Waals surface area contributed by atoms with Crippen LogP contribution in [0, 0.1) is 0 Å². The highest BCUT2D eigenvalue weighted by Crippen LogP contribution is 2.45. The summed E-state index contributed by atoms with van der Waals surface area (Å²) in [5, 5.41) is 13.1. The fourth-order valence-electron chi connectivity index (χ4n) is 7.19. The average molecular weight is 557 g/mol. The summed E-state index contributed by atoms with van der Waals surface area (Å²) in [7, 11) is 0. The van der Waals surface area contributed by atoms with Crippen molar-refractivity contribution in [2.45, 2.75) is 0 Å². The van der Waals surface area contributed by atoms with E-state index in [1.807, 2.05) is 0 Å². The van der Waals surface area contributed by atoms with Gasteiger partial charge in [-0.2, -0.15) is 0 Å². The molecule has 0 unspecified atom stereocenters. The van der Waals surface area contributed by atoms with E-state index in [-0.39, 0.29) is 0 Å². The molecule has 0 heterocycles. The number of hydrogen-bond acceptors (Lipinski definition) is 0. The Morgan fingerprint density at radius 2 is 0.523 bits per heavy atom. The Morgan fingerprint density at radius 1 is 0.182 bits per heavy atom. The first-order chi connectivity index (χ1) is 21.8. The highest BCUT2D eigenvalue weighted by Gasteiger charge is 2.16. The summed E-state index contributed by atoms with van der Waals surface area (Å²) in [5.41, 5.74) is 7.34. The van der Waals surface area contributed by atoms with Crippen molar-refractivity contribution in [1.82, 2.24) is 0 Å². The van der Waals surface area contributed by atoms with E-state index in [2.05, 4.69) is 170 Å². The van der Waals surface area contributed by atoms with E-state index in [1.54, 1.807) is 0 Å². The van der Waals surface area contributed by atoms with Crippen molar-refractivity contribution in [2.24, 2.45) is 0 Å². The molecule has 9 rings (SSSR count). The van der Waals surface area contributed by atoms with E-state index >= 15 is 0 Å². The number of rotatable bonds is 3. The molecule has 0 nitrogen and oxygen atoms in total. The summed E-state index contributed by atoms with van der Waals surface area (Å²) in [5.74, 6) is 0. The zero-order valence-corrected chi connectivity index (χ0v) is 24.2. The molecule has 0 aromatic heterocycles. The molecule has 0 heteroatoms. The highest BCUT2D eigenvalue weighted by atomic mass is 14.2. The SMILES string of the molecule is c1ccc(-c2cc(-c3ccccc3)cc(-c3ccc4c5ccccc5c5c6ccccc6c6ccccc6c5c4c3)c2)cc1. The molecule has 9 aromatic rings. The Balaban J connectivity index is 1.41. The van der Waals surface area contributed by atoms with E-state index < -0.39 is 0 Å². The van der Waals surface area contributed by atoms with Gasteiger partial charge in [-0.25, -0.2) is 0 Å². The van der Waals surface area contributed by atoms with Gasteiger partial charge >= 0.3 is 0 Å². The molecule has 0 aliphatic carbocycles. The molecule has 0 bridgehead atoms. The third-order valence-electron chi connectivity index (χ3n) is 9.19. The smallest absolute Gasteiger partial charge is 0.00137 e. The molecule has 0 N–H and O–H groups in total. The number of benzene rings is 9. The molecule has 44 heavy (non-hydrogen) atoms. The van der Waals surface area contributed by atoms with Gasteiger partial charge in [-0.3, -0.25) is 0 Å². The normalized spacial score (nSPS) is 11.6.